The number of hydrogen-bond donors (Lipinski definition) is 2. The second-order valence-electron chi connectivity index (χ2n) is 3.66. The molecule has 88 valence electrons. The van der Waals surface area contributed by atoms with Crippen molar-refractivity contribution in [1.82, 2.24) is 5.32 Å². The Kier molecular flexibility index (Phi) is 4.98. The van der Waals surface area contributed by atoms with Crippen molar-refractivity contribution in [1.29, 1.82) is 0 Å². The zero-order valence-electron chi connectivity index (χ0n) is 9.10. The maximum Gasteiger partial charge on any atom is 0.303 e. The normalized spacial score (nSPS) is 12.1. The van der Waals surface area contributed by atoms with Gasteiger partial charge in [0.2, 0.25) is 5.91 Å². The largest absolute Gasteiger partial charge is 0.481 e. The standard InChI is InChI=1S/C11H15NO3S/c1-8(4-5-11(14)15)12-10(13)7-9-3-2-6-16-9/h2-3,6,8H,4-5,7H2,1H3,(H,12,13)(H,14,15). The molecule has 0 saturated carbocycles. The number of hydrogen-bond acceptors (Lipinski definition) is 3. The van der Waals surface area contributed by atoms with Crippen LogP contribution < -0.4 is 5.32 Å². The minimum atomic E-state index is -0.834. The van der Waals surface area contributed by atoms with E-state index in [2.05, 4.69) is 5.32 Å². The van der Waals surface area contributed by atoms with E-state index in [-0.39, 0.29) is 18.4 Å². The summed E-state index contributed by atoms with van der Waals surface area (Å²) in [7, 11) is 0. The Morgan fingerprint density at radius 3 is 2.88 bits per heavy atom. The highest BCUT2D eigenvalue weighted by Crippen LogP contribution is 2.09. The quantitative estimate of drug-likeness (QED) is 0.796. The van der Waals surface area contributed by atoms with Crippen molar-refractivity contribution in [2.75, 3.05) is 0 Å². The number of aliphatic carboxylic acids is 1. The molecule has 1 rings (SSSR count). The van der Waals surface area contributed by atoms with E-state index in [1.165, 1.54) is 0 Å². The van der Waals surface area contributed by atoms with Crippen LogP contribution in [0.3, 0.4) is 0 Å². The lowest BCUT2D eigenvalue weighted by Gasteiger charge is -2.11. The summed E-state index contributed by atoms with van der Waals surface area (Å²) < 4.78 is 0. The number of carbonyl (C=O) groups excluding carboxylic acids is 1. The fourth-order valence-corrected chi connectivity index (χ4v) is 2.01. The van der Waals surface area contributed by atoms with E-state index in [4.69, 9.17) is 5.11 Å². The van der Waals surface area contributed by atoms with Gasteiger partial charge >= 0.3 is 5.97 Å². The molecule has 4 nitrogen and oxygen atoms in total. The van der Waals surface area contributed by atoms with E-state index >= 15 is 0 Å². The van der Waals surface area contributed by atoms with Gasteiger partial charge in [0.1, 0.15) is 0 Å². The van der Waals surface area contributed by atoms with Crippen molar-refractivity contribution < 1.29 is 14.7 Å². The lowest BCUT2D eigenvalue weighted by atomic mass is 10.2. The average Bonchev–Trinajstić information content (AvgIpc) is 2.67. The molecule has 5 heteroatoms. The molecule has 1 heterocycles. The van der Waals surface area contributed by atoms with Crippen molar-refractivity contribution >= 4 is 23.2 Å². The zero-order chi connectivity index (χ0) is 12.0. The van der Waals surface area contributed by atoms with E-state index in [0.717, 1.165) is 4.88 Å². The molecule has 0 aliphatic rings. The van der Waals surface area contributed by atoms with Gasteiger partial charge in [0.25, 0.3) is 0 Å². The minimum Gasteiger partial charge on any atom is -0.481 e. The van der Waals surface area contributed by atoms with Crippen LogP contribution in [-0.4, -0.2) is 23.0 Å². The maximum atomic E-state index is 11.5. The number of carboxylic acids is 1. The predicted octanol–water partition coefficient (Wildman–Crippen LogP) is 1.66. The molecule has 1 amide bonds. The Morgan fingerprint density at radius 1 is 1.56 bits per heavy atom. The molecule has 1 unspecified atom stereocenters. The van der Waals surface area contributed by atoms with Crippen LogP contribution in [0.5, 0.6) is 0 Å². The summed E-state index contributed by atoms with van der Waals surface area (Å²) in [6.07, 6.45) is 0.918. The highest BCUT2D eigenvalue weighted by molar-refractivity contribution is 7.10. The van der Waals surface area contributed by atoms with Crippen LogP contribution in [0.25, 0.3) is 0 Å². The predicted molar refractivity (Wildman–Crippen MR) is 62.5 cm³/mol. The van der Waals surface area contributed by atoms with Crippen LogP contribution in [0.1, 0.15) is 24.6 Å². The Hall–Kier alpha value is -1.36. The lowest BCUT2D eigenvalue weighted by molar-refractivity contribution is -0.137. The summed E-state index contributed by atoms with van der Waals surface area (Å²) in [6, 6.07) is 3.72. The van der Waals surface area contributed by atoms with Crippen LogP contribution in [0.4, 0.5) is 0 Å². The number of thiophene rings is 1. The summed E-state index contributed by atoms with van der Waals surface area (Å²) in [4.78, 5) is 22.9. The van der Waals surface area contributed by atoms with Crippen molar-refractivity contribution in [2.45, 2.75) is 32.2 Å². The number of nitrogens with one attached hydrogen (secondary N) is 1. The highest BCUT2D eigenvalue weighted by atomic mass is 32.1. The fourth-order valence-electron chi connectivity index (χ4n) is 1.31. The average molecular weight is 241 g/mol. The summed E-state index contributed by atoms with van der Waals surface area (Å²) in [5, 5.41) is 13.2. The van der Waals surface area contributed by atoms with Gasteiger partial charge in [-0.05, 0) is 24.8 Å². The second kappa shape index (κ2) is 6.27. The van der Waals surface area contributed by atoms with Gasteiger partial charge in [-0.15, -0.1) is 11.3 Å². The fraction of sp³-hybridized carbons (Fsp3) is 0.455. The first-order valence-corrected chi connectivity index (χ1v) is 5.99. The first-order chi connectivity index (χ1) is 7.58. The molecule has 0 aliphatic heterocycles. The van der Waals surface area contributed by atoms with Gasteiger partial charge in [-0.3, -0.25) is 9.59 Å². The van der Waals surface area contributed by atoms with Crippen molar-refractivity contribution in [3.05, 3.63) is 22.4 Å². The summed E-state index contributed by atoms with van der Waals surface area (Å²) in [6.45, 7) is 1.81. The van der Waals surface area contributed by atoms with Crippen molar-refractivity contribution in [2.24, 2.45) is 0 Å². The Labute approximate surface area is 98.3 Å². The van der Waals surface area contributed by atoms with Gasteiger partial charge in [-0.25, -0.2) is 0 Å². The zero-order valence-corrected chi connectivity index (χ0v) is 9.92. The van der Waals surface area contributed by atoms with Gasteiger partial charge in [-0.1, -0.05) is 6.07 Å². The number of carboxylic acid groups (broad SMARTS) is 1. The highest BCUT2D eigenvalue weighted by Gasteiger charge is 2.09. The van der Waals surface area contributed by atoms with Gasteiger partial charge in [-0.2, -0.15) is 0 Å². The summed E-state index contributed by atoms with van der Waals surface area (Å²) in [5.74, 6) is -0.889. The molecule has 1 aromatic heterocycles. The smallest absolute Gasteiger partial charge is 0.303 e. The third-order valence-electron chi connectivity index (χ3n) is 2.11. The SMILES string of the molecule is CC(CCC(=O)O)NC(=O)Cc1cccs1. The van der Waals surface area contributed by atoms with Crippen LogP contribution in [0.2, 0.25) is 0 Å². The van der Waals surface area contributed by atoms with Gasteiger partial charge in [0.05, 0.1) is 6.42 Å². The number of amides is 1. The van der Waals surface area contributed by atoms with Crippen LogP contribution in [0.15, 0.2) is 17.5 Å². The van der Waals surface area contributed by atoms with E-state index in [1.54, 1.807) is 11.3 Å². The molecule has 0 bridgehead atoms. The van der Waals surface area contributed by atoms with Crippen LogP contribution in [-0.2, 0) is 16.0 Å². The molecular weight excluding hydrogens is 226 g/mol. The van der Waals surface area contributed by atoms with Gasteiger partial charge < -0.3 is 10.4 Å². The minimum absolute atomic E-state index is 0.0552. The van der Waals surface area contributed by atoms with Gasteiger partial charge in [0.15, 0.2) is 0 Å². The van der Waals surface area contributed by atoms with E-state index in [0.29, 0.717) is 12.8 Å². The molecule has 1 aromatic rings. The molecule has 0 spiro atoms. The lowest BCUT2D eigenvalue weighted by Crippen LogP contribution is -2.33. The third kappa shape index (κ3) is 4.93. The van der Waals surface area contributed by atoms with Crippen molar-refractivity contribution in [3.8, 4) is 0 Å². The van der Waals surface area contributed by atoms with Crippen molar-refractivity contribution in [3.63, 3.8) is 0 Å². The monoisotopic (exact) mass is 241 g/mol. The molecule has 0 fully saturated rings. The molecule has 0 saturated heterocycles. The third-order valence-corrected chi connectivity index (χ3v) is 2.99. The molecule has 16 heavy (non-hydrogen) atoms. The first-order valence-electron chi connectivity index (χ1n) is 5.11. The van der Waals surface area contributed by atoms with Crippen LogP contribution in [0, 0.1) is 0 Å². The number of rotatable bonds is 6. The Balaban J connectivity index is 2.25. The molecule has 0 radical (unpaired) electrons. The molecule has 2 N–H and O–H groups in total. The molecule has 1 atom stereocenters. The Bertz CT molecular complexity index is 348. The maximum absolute atomic E-state index is 11.5. The molecular formula is C11H15NO3S. The van der Waals surface area contributed by atoms with E-state index in [9.17, 15) is 9.59 Å². The Morgan fingerprint density at radius 2 is 2.31 bits per heavy atom. The molecule has 0 aromatic carbocycles. The first kappa shape index (κ1) is 12.7. The number of carbonyl (C=O) groups is 2. The van der Waals surface area contributed by atoms with Crippen LogP contribution >= 0.6 is 11.3 Å². The van der Waals surface area contributed by atoms with E-state index in [1.807, 2.05) is 24.4 Å². The summed E-state index contributed by atoms with van der Waals surface area (Å²) >= 11 is 1.54. The van der Waals surface area contributed by atoms with E-state index < -0.39 is 5.97 Å². The topological polar surface area (TPSA) is 66.4 Å². The molecule has 0 aliphatic carbocycles. The second-order valence-corrected chi connectivity index (χ2v) is 4.69. The summed E-state index contributed by atoms with van der Waals surface area (Å²) in [5.41, 5.74) is 0. The van der Waals surface area contributed by atoms with Gasteiger partial charge in [0, 0.05) is 17.3 Å².